The maximum Gasteiger partial charge on any atom is 0.242 e. The Morgan fingerprint density at radius 1 is 1.00 bits per heavy atom. The van der Waals surface area contributed by atoms with E-state index in [1.54, 1.807) is 32.9 Å². The number of hydrogen-bond acceptors (Lipinski definition) is 6. The molecule has 0 spiro atoms. The molecule has 1 amide bonds. The molecule has 0 aliphatic carbocycles. The normalized spacial score (nSPS) is 13.0. The maximum absolute atomic E-state index is 12.8. The molecule has 0 aromatic heterocycles. The number of carbonyl (C=O) groups is 1. The van der Waals surface area contributed by atoms with Gasteiger partial charge in [-0.1, -0.05) is 19.9 Å². The number of aryl methyl sites for hydroxylation is 1. The minimum atomic E-state index is -3.96. The Labute approximate surface area is 183 Å². The predicted octanol–water partition coefficient (Wildman–Crippen LogP) is 2.32. The number of amides is 1. The zero-order valence-corrected chi connectivity index (χ0v) is 19.6. The molecule has 2 rings (SSSR count). The summed E-state index contributed by atoms with van der Waals surface area (Å²) in [5, 5.41) is 2.65. The number of hydrogen-bond donors (Lipinski definition) is 3. The van der Waals surface area contributed by atoms with E-state index in [2.05, 4.69) is 14.8 Å². The molecule has 0 unspecified atom stereocenters. The zero-order chi connectivity index (χ0) is 23.4. The highest BCUT2D eigenvalue weighted by atomic mass is 32.2. The maximum atomic E-state index is 12.8. The van der Waals surface area contributed by atoms with Crippen molar-refractivity contribution in [1.29, 1.82) is 0 Å². The molecule has 0 fully saturated rings. The van der Waals surface area contributed by atoms with E-state index in [1.807, 2.05) is 0 Å². The minimum absolute atomic E-state index is 0.00160. The van der Waals surface area contributed by atoms with E-state index in [0.717, 1.165) is 6.26 Å². The first-order chi connectivity index (χ1) is 14.3. The lowest BCUT2D eigenvalue weighted by atomic mass is 10.0. The molecule has 0 heterocycles. The van der Waals surface area contributed by atoms with Crippen molar-refractivity contribution in [2.75, 3.05) is 23.4 Å². The standard InChI is InChI=1S/C20H27N3O6S2/c1-13(2)19(23-31(27,28)17-10-8-16(29-4)9-11-17)20(24)21-15-7-6-14(3)18(12-15)22-30(5,25)26/h6-13,19,22-23H,1-5H3,(H,21,24)/t19-/m0/s1. The van der Waals surface area contributed by atoms with Crippen molar-refractivity contribution >= 4 is 37.3 Å². The quantitative estimate of drug-likeness (QED) is 0.517. The highest BCUT2D eigenvalue weighted by molar-refractivity contribution is 7.92. The monoisotopic (exact) mass is 469 g/mol. The molecule has 9 nitrogen and oxygen atoms in total. The van der Waals surface area contributed by atoms with Crippen LogP contribution in [0.4, 0.5) is 11.4 Å². The number of sulfonamides is 2. The third-order valence-electron chi connectivity index (χ3n) is 4.40. The Morgan fingerprint density at radius 3 is 2.13 bits per heavy atom. The Hall–Kier alpha value is -2.63. The molecule has 0 aliphatic heterocycles. The van der Waals surface area contributed by atoms with Crippen molar-refractivity contribution in [1.82, 2.24) is 4.72 Å². The van der Waals surface area contributed by atoms with Crippen molar-refractivity contribution in [3.8, 4) is 5.75 Å². The van der Waals surface area contributed by atoms with E-state index in [0.29, 0.717) is 22.7 Å². The lowest BCUT2D eigenvalue weighted by Crippen LogP contribution is -2.47. The summed E-state index contributed by atoms with van der Waals surface area (Å²) >= 11 is 0. The summed E-state index contributed by atoms with van der Waals surface area (Å²) in [4.78, 5) is 12.8. The summed E-state index contributed by atoms with van der Waals surface area (Å²) < 4.78 is 58.4. The summed E-state index contributed by atoms with van der Waals surface area (Å²) in [7, 11) is -5.99. The first-order valence-corrected chi connectivity index (χ1v) is 12.8. The zero-order valence-electron chi connectivity index (χ0n) is 18.0. The number of methoxy groups -OCH3 is 1. The van der Waals surface area contributed by atoms with Crippen LogP contribution in [-0.4, -0.2) is 42.2 Å². The van der Waals surface area contributed by atoms with Gasteiger partial charge in [0.15, 0.2) is 0 Å². The van der Waals surface area contributed by atoms with Gasteiger partial charge >= 0.3 is 0 Å². The van der Waals surface area contributed by atoms with Crippen LogP contribution in [0.3, 0.4) is 0 Å². The molecule has 2 aromatic rings. The van der Waals surface area contributed by atoms with Gasteiger partial charge in [-0.25, -0.2) is 16.8 Å². The Balaban J connectivity index is 2.23. The van der Waals surface area contributed by atoms with Gasteiger partial charge in [-0.05, 0) is 54.8 Å². The lowest BCUT2D eigenvalue weighted by molar-refractivity contribution is -0.118. The second-order valence-corrected chi connectivity index (χ2v) is 10.9. The van der Waals surface area contributed by atoms with E-state index in [1.165, 1.54) is 37.4 Å². The van der Waals surface area contributed by atoms with Crippen LogP contribution >= 0.6 is 0 Å². The second kappa shape index (κ2) is 9.67. The fourth-order valence-electron chi connectivity index (χ4n) is 2.71. The summed E-state index contributed by atoms with van der Waals surface area (Å²) in [6.45, 7) is 5.15. The largest absolute Gasteiger partial charge is 0.497 e. The average Bonchev–Trinajstić information content (AvgIpc) is 2.67. The second-order valence-electron chi connectivity index (χ2n) is 7.41. The number of ether oxygens (including phenoxy) is 1. The van der Waals surface area contributed by atoms with Crippen LogP contribution in [0.15, 0.2) is 47.4 Å². The predicted molar refractivity (Wildman–Crippen MR) is 120 cm³/mol. The van der Waals surface area contributed by atoms with Gasteiger partial charge in [0.2, 0.25) is 26.0 Å². The topological polar surface area (TPSA) is 131 Å². The number of rotatable bonds is 9. The summed E-state index contributed by atoms with van der Waals surface area (Å²) in [6, 6.07) is 9.48. The van der Waals surface area contributed by atoms with Gasteiger partial charge in [0, 0.05) is 5.69 Å². The van der Waals surface area contributed by atoms with Gasteiger partial charge in [-0.3, -0.25) is 9.52 Å². The third kappa shape index (κ3) is 6.94. The molecule has 3 N–H and O–H groups in total. The van der Waals surface area contributed by atoms with Crippen LogP contribution in [-0.2, 0) is 24.8 Å². The molecule has 170 valence electrons. The van der Waals surface area contributed by atoms with Crippen LogP contribution in [0.1, 0.15) is 19.4 Å². The number of carbonyl (C=O) groups excluding carboxylic acids is 1. The van der Waals surface area contributed by atoms with Gasteiger partial charge in [0.25, 0.3) is 0 Å². The van der Waals surface area contributed by atoms with E-state index in [4.69, 9.17) is 4.74 Å². The molecular formula is C20H27N3O6S2. The number of benzene rings is 2. The summed E-state index contributed by atoms with van der Waals surface area (Å²) in [5.74, 6) is -0.414. The van der Waals surface area contributed by atoms with Crippen LogP contribution in [0.25, 0.3) is 0 Å². The van der Waals surface area contributed by atoms with Gasteiger partial charge < -0.3 is 10.1 Å². The van der Waals surface area contributed by atoms with Gasteiger partial charge in [0.05, 0.1) is 23.9 Å². The van der Waals surface area contributed by atoms with Gasteiger partial charge in [-0.15, -0.1) is 0 Å². The number of anilines is 2. The Kier molecular flexibility index (Phi) is 7.68. The lowest BCUT2D eigenvalue weighted by Gasteiger charge is -2.22. The first-order valence-electron chi connectivity index (χ1n) is 9.38. The van der Waals surface area contributed by atoms with Crippen LogP contribution in [0.5, 0.6) is 5.75 Å². The van der Waals surface area contributed by atoms with Crippen LogP contribution in [0, 0.1) is 12.8 Å². The minimum Gasteiger partial charge on any atom is -0.497 e. The highest BCUT2D eigenvalue weighted by Gasteiger charge is 2.28. The van der Waals surface area contributed by atoms with Crippen molar-refractivity contribution in [2.45, 2.75) is 31.7 Å². The molecule has 0 radical (unpaired) electrons. The Bertz CT molecular complexity index is 1140. The molecule has 31 heavy (non-hydrogen) atoms. The fraction of sp³-hybridized carbons (Fsp3) is 0.350. The molecule has 11 heteroatoms. The van der Waals surface area contributed by atoms with Crippen molar-refractivity contribution in [2.24, 2.45) is 5.92 Å². The molecule has 0 saturated heterocycles. The fourth-order valence-corrected chi connectivity index (χ4v) is 4.68. The van der Waals surface area contributed by atoms with E-state index in [9.17, 15) is 21.6 Å². The highest BCUT2D eigenvalue weighted by Crippen LogP contribution is 2.22. The van der Waals surface area contributed by atoms with Crippen molar-refractivity contribution in [3.05, 3.63) is 48.0 Å². The molecular weight excluding hydrogens is 442 g/mol. The SMILES string of the molecule is COc1ccc(S(=O)(=O)N[C@H](C(=O)Nc2ccc(C)c(NS(C)(=O)=O)c2)C(C)C)cc1. The van der Waals surface area contributed by atoms with E-state index in [-0.39, 0.29) is 10.8 Å². The number of nitrogens with one attached hydrogen (secondary N) is 3. The molecule has 0 saturated carbocycles. The van der Waals surface area contributed by atoms with E-state index >= 15 is 0 Å². The first kappa shape index (κ1) is 24.6. The van der Waals surface area contributed by atoms with E-state index < -0.39 is 32.0 Å². The van der Waals surface area contributed by atoms with Gasteiger partial charge in [0.1, 0.15) is 11.8 Å². The summed E-state index contributed by atoms with van der Waals surface area (Å²) in [5.41, 5.74) is 1.32. The molecule has 2 aromatic carbocycles. The van der Waals surface area contributed by atoms with Crippen LogP contribution < -0.4 is 19.5 Å². The van der Waals surface area contributed by atoms with Crippen molar-refractivity contribution in [3.63, 3.8) is 0 Å². The average molecular weight is 470 g/mol. The third-order valence-corrected chi connectivity index (χ3v) is 6.45. The molecule has 0 aliphatic rings. The Morgan fingerprint density at radius 2 is 1.61 bits per heavy atom. The van der Waals surface area contributed by atoms with Crippen LogP contribution in [0.2, 0.25) is 0 Å². The molecule has 1 atom stereocenters. The summed E-state index contributed by atoms with van der Waals surface area (Å²) in [6.07, 6.45) is 1.03. The van der Waals surface area contributed by atoms with Gasteiger partial charge in [-0.2, -0.15) is 4.72 Å². The van der Waals surface area contributed by atoms with Crippen molar-refractivity contribution < 1.29 is 26.4 Å². The smallest absolute Gasteiger partial charge is 0.242 e. The molecule has 0 bridgehead atoms.